The van der Waals surface area contributed by atoms with Crippen LogP contribution in [0.5, 0.6) is 0 Å². The number of hydrogen-bond acceptors (Lipinski definition) is 9. The maximum Gasteiger partial charge on any atom is 1.00 e. The Bertz CT molecular complexity index is 589. The summed E-state index contributed by atoms with van der Waals surface area (Å²) >= 11 is 0. The Morgan fingerprint density at radius 3 is 1.56 bits per heavy atom. The Kier molecular flexibility index (Phi) is 31.0. The van der Waals surface area contributed by atoms with Crippen LogP contribution in [0.4, 0.5) is 0 Å². The van der Waals surface area contributed by atoms with E-state index < -0.39 is 33.7 Å². The number of carboxylic acid groups (broad SMARTS) is 1. The summed E-state index contributed by atoms with van der Waals surface area (Å²) in [5.41, 5.74) is 0. The van der Waals surface area contributed by atoms with Gasteiger partial charge in [0.05, 0.1) is 19.8 Å². The number of carbonyl (C=O) groups is 2. The molecular weight excluding hydrogens is 486 g/mol. The molecule has 0 aliphatic rings. The van der Waals surface area contributed by atoms with Gasteiger partial charge in [-0.1, -0.05) is 77.6 Å². The SMILES string of the molecule is CCCCCCCCCCCCCCOCCOCCOC(=O)C(CC(=O)[O-])S(=O)(=O)[O-].[Na+].[Na+]. The predicted octanol–water partition coefficient (Wildman–Crippen LogP) is -3.67. The van der Waals surface area contributed by atoms with Crippen molar-refractivity contribution in [2.75, 3.05) is 33.0 Å². The summed E-state index contributed by atoms with van der Waals surface area (Å²) in [6.07, 6.45) is 14.1. The molecule has 0 aromatic rings. The van der Waals surface area contributed by atoms with Gasteiger partial charge in [0.1, 0.15) is 16.7 Å². The van der Waals surface area contributed by atoms with Gasteiger partial charge in [0.15, 0.2) is 5.25 Å². The normalized spacial score (nSPS) is 11.8. The molecule has 0 aromatic carbocycles. The molecule has 1 atom stereocenters. The summed E-state index contributed by atoms with van der Waals surface area (Å²) in [6.45, 7) is 3.23. The second-order valence-electron chi connectivity index (χ2n) is 7.84. The molecule has 0 rings (SSSR count). The third-order valence-corrected chi connectivity index (χ3v) is 6.01. The number of unbranched alkanes of at least 4 members (excludes halogenated alkanes) is 11. The molecular formula is C22H40Na2O9S. The van der Waals surface area contributed by atoms with Crippen molar-refractivity contribution in [1.82, 2.24) is 0 Å². The zero-order valence-electron chi connectivity index (χ0n) is 21.4. The third kappa shape index (κ3) is 25.9. The summed E-state index contributed by atoms with van der Waals surface area (Å²) in [5, 5.41) is 8.14. The van der Waals surface area contributed by atoms with Gasteiger partial charge in [-0.15, -0.1) is 0 Å². The van der Waals surface area contributed by atoms with Gasteiger partial charge in [-0.05, 0) is 6.42 Å². The van der Waals surface area contributed by atoms with Crippen molar-refractivity contribution in [3.63, 3.8) is 0 Å². The van der Waals surface area contributed by atoms with Gasteiger partial charge in [0.25, 0.3) is 0 Å². The summed E-state index contributed by atoms with van der Waals surface area (Å²) in [4.78, 5) is 22.0. The minimum absolute atomic E-state index is 0. The van der Waals surface area contributed by atoms with E-state index in [9.17, 15) is 27.7 Å². The van der Waals surface area contributed by atoms with Crippen molar-refractivity contribution in [1.29, 1.82) is 0 Å². The molecule has 0 aliphatic heterocycles. The van der Waals surface area contributed by atoms with Gasteiger partial charge >= 0.3 is 65.1 Å². The topological polar surface area (TPSA) is 142 Å². The molecule has 0 bridgehead atoms. The van der Waals surface area contributed by atoms with E-state index in [4.69, 9.17) is 9.47 Å². The molecule has 0 fully saturated rings. The largest absolute Gasteiger partial charge is 1.00 e. The Hall–Kier alpha value is 0.770. The number of esters is 1. The van der Waals surface area contributed by atoms with E-state index in [1.165, 1.54) is 64.2 Å². The van der Waals surface area contributed by atoms with Crippen LogP contribution in [-0.4, -0.2) is 63.2 Å². The predicted molar refractivity (Wildman–Crippen MR) is 117 cm³/mol. The van der Waals surface area contributed by atoms with Gasteiger partial charge in [0, 0.05) is 19.0 Å². The second kappa shape index (κ2) is 26.8. The number of carbonyl (C=O) groups excluding carboxylic acids is 2. The van der Waals surface area contributed by atoms with Crippen molar-refractivity contribution >= 4 is 22.1 Å². The van der Waals surface area contributed by atoms with E-state index in [1.807, 2.05) is 0 Å². The third-order valence-electron chi connectivity index (χ3n) is 4.95. The molecule has 12 heteroatoms. The standard InChI is InChI=1S/C22H42O9S.2Na/c1-2-3-4-5-6-7-8-9-10-11-12-13-14-29-15-16-30-17-18-31-22(25)20(19-21(23)24)32(26,27)28;;/h20H,2-19H2,1H3,(H,23,24)(H,26,27,28);;/q;2*+1/p-2. The molecule has 0 saturated heterocycles. The van der Waals surface area contributed by atoms with Crippen LogP contribution in [0.15, 0.2) is 0 Å². The summed E-state index contributed by atoms with van der Waals surface area (Å²) in [5.74, 6) is -3.25. The maximum absolute atomic E-state index is 11.5. The first-order chi connectivity index (χ1) is 15.3. The van der Waals surface area contributed by atoms with Crippen molar-refractivity contribution in [3.05, 3.63) is 0 Å². The number of hydrogen-bond donors (Lipinski definition) is 0. The minimum atomic E-state index is -5.14. The molecule has 0 spiro atoms. The van der Waals surface area contributed by atoms with E-state index in [2.05, 4.69) is 11.7 Å². The fraction of sp³-hybridized carbons (Fsp3) is 0.909. The fourth-order valence-electron chi connectivity index (χ4n) is 3.12. The molecule has 1 unspecified atom stereocenters. The smallest absolute Gasteiger partial charge is 0.747 e. The Morgan fingerprint density at radius 1 is 0.706 bits per heavy atom. The first-order valence-electron chi connectivity index (χ1n) is 11.8. The molecule has 34 heavy (non-hydrogen) atoms. The van der Waals surface area contributed by atoms with Gasteiger partial charge in [-0.3, -0.25) is 4.79 Å². The van der Waals surface area contributed by atoms with Gasteiger partial charge < -0.3 is 28.7 Å². The molecule has 0 radical (unpaired) electrons. The van der Waals surface area contributed by atoms with E-state index in [0.29, 0.717) is 13.2 Å². The molecule has 0 aromatic heterocycles. The average molecular weight is 527 g/mol. The zero-order chi connectivity index (χ0) is 24.1. The van der Waals surface area contributed by atoms with E-state index in [1.54, 1.807) is 0 Å². The molecule has 9 nitrogen and oxygen atoms in total. The van der Waals surface area contributed by atoms with Crippen molar-refractivity contribution < 1.29 is 101 Å². The molecule has 0 amide bonds. The van der Waals surface area contributed by atoms with E-state index in [-0.39, 0.29) is 78.9 Å². The van der Waals surface area contributed by atoms with Crippen molar-refractivity contribution in [2.24, 2.45) is 0 Å². The Balaban J connectivity index is -0.00000480. The monoisotopic (exact) mass is 526 g/mol. The van der Waals surface area contributed by atoms with Gasteiger partial charge in [-0.2, -0.15) is 0 Å². The van der Waals surface area contributed by atoms with Crippen molar-refractivity contribution in [2.45, 2.75) is 95.6 Å². The first-order valence-corrected chi connectivity index (χ1v) is 13.2. The van der Waals surface area contributed by atoms with Gasteiger partial charge in [0.2, 0.25) is 0 Å². The molecule has 0 saturated carbocycles. The molecule has 0 aliphatic carbocycles. The van der Waals surface area contributed by atoms with Gasteiger partial charge in [-0.25, -0.2) is 8.42 Å². The first kappa shape index (κ1) is 39.3. The Labute approximate surface area is 249 Å². The summed E-state index contributed by atoms with van der Waals surface area (Å²) in [6, 6.07) is 0. The number of rotatable bonds is 23. The number of ether oxygens (including phenoxy) is 3. The van der Waals surface area contributed by atoms with Crippen LogP contribution in [0.3, 0.4) is 0 Å². The fourth-order valence-corrected chi connectivity index (χ4v) is 3.76. The van der Waals surface area contributed by atoms with Crippen LogP contribution < -0.4 is 64.2 Å². The zero-order valence-corrected chi connectivity index (χ0v) is 26.2. The maximum atomic E-state index is 11.5. The van der Waals surface area contributed by atoms with E-state index in [0.717, 1.165) is 12.8 Å². The molecule has 0 heterocycles. The number of carboxylic acids is 1. The van der Waals surface area contributed by atoms with Crippen LogP contribution >= 0.6 is 0 Å². The second-order valence-corrected chi connectivity index (χ2v) is 9.39. The molecule has 190 valence electrons. The number of aliphatic carboxylic acids is 1. The van der Waals surface area contributed by atoms with E-state index >= 15 is 0 Å². The van der Waals surface area contributed by atoms with Crippen LogP contribution in [0.2, 0.25) is 0 Å². The Morgan fingerprint density at radius 2 is 1.12 bits per heavy atom. The van der Waals surface area contributed by atoms with Crippen LogP contribution in [0.1, 0.15) is 90.4 Å². The molecule has 0 N–H and O–H groups in total. The summed E-state index contributed by atoms with van der Waals surface area (Å²) < 4.78 is 48.0. The van der Waals surface area contributed by atoms with Crippen LogP contribution in [-0.2, 0) is 33.9 Å². The summed E-state index contributed by atoms with van der Waals surface area (Å²) in [7, 11) is -5.14. The minimum Gasteiger partial charge on any atom is -0.747 e. The quantitative estimate of drug-likeness (QED) is 0.0570. The van der Waals surface area contributed by atoms with Crippen molar-refractivity contribution in [3.8, 4) is 0 Å². The van der Waals surface area contributed by atoms with Crippen LogP contribution in [0, 0.1) is 0 Å². The average Bonchev–Trinajstić information content (AvgIpc) is 2.72. The van der Waals surface area contributed by atoms with Crippen LogP contribution in [0.25, 0.3) is 0 Å².